The predicted molar refractivity (Wildman–Crippen MR) is 130 cm³/mol. The third-order valence-corrected chi connectivity index (χ3v) is 11.4. The van der Waals surface area contributed by atoms with Crippen LogP contribution in [-0.4, -0.2) is 36.6 Å². The lowest BCUT2D eigenvalue weighted by Gasteiger charge is -2.45. The fourth-order valence-corrected chi connectivity index (χ4v) is 9.40. The second-order valence-corrected chi connectivity index (χ2v) is 13.7. The summed E-state index contributed by atoms with van der Waals surface area (Å²) in [5, 5.41) is 13.3. The normalized spacial score (nSPS) is 19.4. The van der Waals surface area contributed by atoms with Gasteiger partial charge in [0.15, 0.2) is 6.23 Å². The van der Waals surface area contributed by atoms with Crippen LogP contribution >= 0.6 is 0 Å². The van der Waals surface area contributed by atoms with Crippen LogP contribution < -0.4 is 10.4 Å². The first-order chi connectivity index (χ1) is 15.3. The third-order valence-electron chi connectivity index (χ3n) is 6.29. The van der Waals surface area contributed by atoms with Gasteiger partial charge in [0, 0.05) is 6.54 Å². The van der Waals surface area contributed by atoms with Crippen molar-refractivity contribution in [3.05, 3.63) is 96.6 Å². The molecule has 3 aromatic carbocycles. The number of rotatable bonds is 6. The Bertz CT molecular complexity index is 995. The first kappa shape index (κ1) is 22.5. The van der Waals surface area contributed by atoms with Gasteiger partial charge in [0.05, 0.1) is 12.5 Å². The molecule has 166 valence electrons. The van der Waals surface area contributed by atoms with E-state index in [2.05, 4.69) is 45.0 Å². The Morgan fingerprint density at radius 1 is 0.875 bits per heavy atom. The van der Waals surface area contributed by atoms with E-state index >= 15 is 0 Å². The van der Waals surface area contributed by atoms with Crippen LogP contribution in [-0.2, 0) is 15.8 Å². The van der Waals surface area contributed by atoms with Gasteiger partial charge in [-0.2, -0.15) is 0 Å². The summed E-state index contributed by atoms with van der Waals surface area (Å²) in [7, 11) is -2.85. The zero-order valence-electron chi connectivity index (χ0n) is 18.9. The predicted octanol–water partition coefficient (Wildman–Crippen LogP) is 3.68. The molecule has 0 spiro atoms. The minimum atomic E-state index is -2.85. The number of carbonyl (C=O) groups is 1. The fourth-order valence-electron chi connectivity index (χ4n) is 4.73. The van der Waals surface area contributed by atoms with Crippen molar-refractivity contribution in [2.45, 2.75) is 51.1 Å². The van der Waals surface area contributed by atoms with Crippen LogP contribution in [0, 0.1) is 0 Å². The molecule has 5 heteroatoms. The van der Waals surface area contributed by atoms with E-state index in [9.17, 15) is 9.90 Å². The standard InChI is InChI=1S/C27H31NO3Si/c1-27(2,3)32(22-15-9-5-10-16-22,23-17-11-6-12-18-23)31-24-19-25(29)28(26(24)30)20-21-13-7-4-8-14-21/h4-18,24,26,30H,19-20H2,1-3H3/t24-,26-/m0/s1. The summed E-state index contributed by atoms with van der Waals surface area (Å²) in [6, 6.07) is 30.4. The van der Waals surface area contributed by atoms with Crippen LogP contribution in [0.3, 0.4) is 0 Å². The lowest BCUT2D eigenvalue weighted by Crippen LogP contribution is -2.68. The molecule has 1 aliphatic heterocycles. The van der Waals surface area contributed by atoms with Crippen LogP contribution in [0.1, 0.15) is 32.8 Å². The number of hydrogen-bond acceptors (Lipinski definition) is 3. The number of nitrogens with zero attached hydrogens (tertiary/aromatic N) is 1. The highest BCUT2D eigenvalue weighted by atomic mass is 28.4. The fraction of sp³-hybridized carbons (Fsp3) is 0.296. The van der Waals surface area contributed by atoms with Crippen molar-refractivity contribution in [2.24, 2.45) is 0 Å². The molecule has 0 aromatic heterocycles. The van der Waals surface area contributed by atoms with Gasteiger partial charge >= 0.3 is 0 Å². The van der Waals surface area contributed by atoms with E-state index in [0.29, 0.717) is 6.54 Å². The Hall–Kier alpha value is -2.73. The maximum Gasteiger partial charge on any atom is 0.261 e. The zero-order valence-corrected chi connectivity index (χ0v) is 19.9. The Morgan fingerprint density at radius 3 is 1.81 bits per heavy atom. The first-order valence-corrected chi connectivity index (χ1v) is 13.0. The molecule has 0 radical (unpaired) electrons. The summed E-state index contributed by atoms with van der Waals surface area (Å²) in [6.07, 6.45) is -1.39. The minimum Gasteiger partial charge on any atom is -0.399 e. The number of benzene rings is 3. The van der Waals surface area contributed by atoms with Gasteiger partial charge in [-0.05, 0) is 21.0 Å². The van der Waals surface area contributed by atoms with E-state index in [-0.39, 0.29) is 17.4 Å². The highest BCUT2D eigenvalue weighted by Gasteiger charge is 2.54. The number of aliphatic hydroxyl groups is 1. The molecule has 4 nitrogen and oxygen atoms in total. The smallest absolute Gasteiger partial charge is 0.261 e. The quantitative estimate of drug-likeness (QED) is 0.589. The molecule has 1 fully saturated rings. The maximum atomic E-state index is 12.9. The highest BCUT2D eigenvalue weighted by Crippen LogP contribution is 2.39. The van der Waals surface area contributed by atoms with Gasteiger partial charge in [-0.1, -0.05) is 112 Å². The monoisotopic (exact) mass is 445 g/mol. The third kappa shape index (κ3) is 4.16. The maximum absolute atomic E-state index is 12.9. The van der Waals surface area contributed by atoms with Gasteiger partial charge in [0.25, 0.3) is 8.32 Å². The lowest BCUT2D eigenvalue weighted by molar-refractivity contribution is -0.134. The Balaban J connectivity index is 1.73. The van der Waals surface area contributed by atoms with E-state index < -0.39 is 20.6 Å². The number of amides is 1. The van der Waals surface area contributed by atoms with E-state index in [0.717, 1.165) is 15.9 Å². The average molecular weight is 446 g/mol. The van der Waals surface area contributed by atoms with E-state index in [1.54, 1.807) is 0 Å². The Labute approximate surface area is 191 Å². The van der Waals surface area contributed by atoms with Gasteiger partial charge < -0.3 is 14.4 Å². The molecule has 0 aliphatic carbocycles. The molecule has 1 saturated heterocycles. The van der Waals surface area contributed by atoms with Crippen molar-refractivity contribution in [1.82, 2.24) is 4.90 Å². The van der Waals surface area contributed by atoms with E-state index in [1.165, 1.54) is 4.90 Å². The van der Waals surface area contributed by atoms with Crippen molar-refractivity contribution in [2.75, 3.05) is 0 Å². The summed E-state index contributed by atoms with van der Waals surface area (Å²) >= 11 is 0. The SMILES string of the molecule is CC(C)(C)[Si](O[C@H]1CC(=O)N(Cc2ccccc2)[C@H]1O)(c1ccccc1)c1ccccc1. The number of hydrogen-bond donors (Lipinski definition) is 1. The summed E-state index contributed by atoms with van der Waals surface area (Å²) in [4.78, 5) is 14.4. The minimum absolute atomic E-state index is 0.0794. The topological polar surface area (TPSA) is 49.8 Å². The second kappa shape index (κ2) is 9.02. The van der Waals surface area contributed by atoms with E-state index in [4.69, 9.17) is 4.43 Å². The van der Waals surface area contributed by atoms with Crippen molar-refractivity contribution in [3.8, 4) is 0 Å². The molecule has 0 saturated carbocycles. The summed E-state index contributed by atoms with van der Waals surface area (Å²) in [5.41, 5.74) is 0.992. The zero-order chi connectivity index (χ0) is 22.8. The van der Waals surface area contributed by atoms with Gasteiger partial charge in [0.2, 0.25) is 5.91 Å². The summed E-state index contributed by atoms with van der Waals surface area (Å²) in [5.74, 6) is -0.0794. The molecule has 0 bridgehead atoms. The van der Waals surface area contributed by atoms with Crippen LogP contribution in [0.4, 0.5) is 0 Å². The van der Waals surface area contributed by atoms with E-state index in [1.807, 2.05) is 66.7 Å². The summed E-state index contributed by atoms with van der Waals surface area (Å²) in [6.45, 7) is 6.97. The second-order valence-electron chi connectivity index (χ2n) is 9.44. The molecule has 0 unspecified atom stereocenters. The molecular weight excluding hydrogens is 414 g/mol. The van der Waals surface area contributed by atoms with Crippen molar-refractivity contribution >= 4 is 24.6 Å². The Kier molecular flexibility index (Phi) is 6.33. The molecule has 3 aromatic rings. The number of aliphatic hydroxyl groups excluding tert-OH is 1. The van der Waals surface area contributed by atoms with Crippen molar-refractivity contribution < 1.29 is 14.3 Å². The molecular formula is C27H31NO3Si. The lowest BCUT2D eigenvalue weighted by atomic mass is 10.2. The highest BCUT2D eigenvalue weighted by molar-refractivity contribution is 6.99. The van der Waals surface area contributed by atoms with Gasteiger partial charge in [-0.25, -0.2) is 0 Å². The van der Waals surface area contributed by atoms with Crippen LogP contribution in [0.2, 0.25) is 5.04 Å². The molecule has 4 rings (SSSR count). The molecule has 1 N–H and O–H groups in total. The molecule has 1 aliphatic rings. The van der Waals surface area contributed by atoms with Crippen molar-refractivity contribution in [3.63, 3.8) is 0 Å². The van der Waals surface area contributed by atoms with Crippen LogP contribution in [0.25, 0.3) is 0 Å². The largest absolute Gasteiger partial charge is 0.399 e. The van der Waals surface area contributed by atoms with Gasteiger partial charge in [-0.15, -0.1) is 0 Å². The number of likely N-dealkylation sites (tertiary alicyclic amines) is 1. The van der Waals surface area contributed by atoms with Crippen LogP contribution in [0.5, 0.6) is 0 Å². The first-order valence-electron chi connectivity index (χ1n) is 11.1. The Morgan fingerprint density at radius 2 is 1.34 bits per heavy atom. The summed E-state index contributed by atoms with van der Waals surface area (Å²) < 4.78 is 7.01. The van der Waals surface area contributed by atoms with Crippen LogP contribution in [0.15, 0.2) is 91.0 Å². The van der Waals surface area contributed by atoms with Gasteiger partial charge in [0.1, 0.15) is 0 Å². The molecule has 1 amide bonds. The average Bonchev–Trinajstić information content (AvgIpc) is 3.06. The van der Waals surface area contributed by atoms with Gasteiger partial charge in [-0.3, -0.25) is 4.79 Å². The molecule has 32 heavy (non-hydrogen) atoms. The number of carbonyl (C=O) groups excluding carboxylic acids is 1. The molecule has 1 heterocycles. The van der Waals surface area contributed by atoms with Crippen molar-refractivity contribution in [1.29, 1.82) is 0 Å². The molecule has 2 atom stereocenters.